The molecule has 8 heteroatoms. The second-order valence-corrected chi connectivity index (χ2v) is 6.50. The lowest BCUT2D eigenvalue weighted by atomic mass is 10.2. The van der Waals surface area contributed by atoms with Gasteiger partial charge in [-0.3, -0.25) is 9.36 Å². The average Bonchev–Trinajstić information content (AvgIpc) is 3.33. The quantitative estimate of drug-likeness (QED) is 0.719. The van der Waals surface area contributed by atoms with Gasteiger partial charge in [-0.25, -0.2) is 0 Å². The van der Waals surface area contributed by atoms with E-state index in [2.05, 4.69) is 20.3 Å². The minimum atomic E-state index is 0.374. The van der Waals surface area contributed by atoms with Crippen molar-refractivity contribution < 1.29 is 4.52 Å². The highest BCUT2D eigenvalue weighted by atomic mass is 32.2. The molecule has 1 aliphatic heterocycles. The van der Waals surface area contributed by atoms with Gasteiger partial charge in [-0.2, -0.15) is 26.9 Å². The molecule has 0 bridgehead atoms. The molecule has 4 rings (SSSR count). The standard InChI is InChI=1S/C14H16N6OS/c1-3-12(22-10-1)13-16-14(21-18-13)11-4-7-20(17-11)9-8-19-6-2-5-15-19/h2,4-7,12H,1,3,8-10H2. The first-order valence-corrected chi connectivity index (χ1v) is 8.40. The van der Waals surface area contributed by atoms with E-state index in [4.69, 9.17) is 4.52 Å². The Morgan fingerprint density at radius 3 is 3.05 bits per heavy atom. The fourth-order valence-corrected chi connectivity index (χ4v) is 3.68. The summed E-state index contributed by atoms with van der Waals surface area (Å²) >= 11 is 1.90. The van der Waals surface area contributed by atoms with Gasteiger partial charge in [-0.15, -0.1) is 0 Å². The van der Waals surface area contributed by atoms with Crippen molar-refractivity contribution >= 4 is 11.8 Å². The van der Waals surface area contributed by atoms with Crippen LogP contribution < -0.4 is 0 Å². The minimum absolute atomic E-state index is 0.374. The molecule has 0 radical (unpaired) electrons. The molecule has 22 heavy (non-hydrogen) atoms. The number of nitrogens with zero attached hydrogens (tertiary/aromatic N) is 6. The van der Waals surface area contributed by atoms with Gasteiger partial charge >= 0.3 is 0 Å². The summed E-state index contributed by atoms with van der Waals surface area (Å²) in [5, 5.41) is 13.1. The van der Waals surface area contributed by atoms with Gasteiger partial charge in [0.15, 0.2) is 11.5 Å². The topological polar surface area (TPSA) is 74.6 Å². The lowest BCUT2D eigenvalue weighted by Gasteiger charge is -2.01. The van der Waals surface area contributed by atoms with E-state index in [0.29, 0.717) is 11.1 Å². The second-order valence-electron chi connectivity index (χ2n) is 5.19. The van der Waals surface area contributed by atoms with Gasteiger partial charge in [0.1, 0.15) is 0 Å². The SMILES string of the molecule is c1cnn(CCn2ccc(-c3nc(C4CCCS4)no3)n2)c1. The summed E-state index contributed by atoms with van der Waals surface area (Å²) in [5.41, 5.74) is 0.724. The Labute approximate surface area is 131 Å². The summed E-state index contributed by atoms with van der Waals surface area (Å²) in [6.45, 7) is 1.53. The van der Waals surface area contributed by atoms with Crippen molar-refractivity contribution in [3.05, 3.63) is 36.5 Å². The van der Waals surface area contributed by atoms with E-state index >= 15 is 0 Å². The molecule has 0 aromatic carbocycles. The molecule has 0 amide bonds. The van der Waals surface area contributed by atoms with Crippen LogP contribution in [0.1, 0.15) is 23.9 Å². The van der Waals surface area contributed by atoms with E-state index in [9.17, 15) is 0 Å². The molecule has 0 aliphatic carbocycles. The van der Waals surface area contributed by atoms with Crippen LogP contribution in [0.15, 0.2) is 35.2 Å². The molecule has 1 aliphatic rings. The molecule has 4 heterocycles. The molecule has 7 nitrogen and oxygen atoms in total. The van der Waals surface area contributed by atoms with Crippen molar-refractivity contribution in [1.29, 1.82) is 0 Å². The largest absolute Gasteiger partial charge is 0.332 e. The number of hydrogen-bond acceptors (Lipinski definition) is 6. The Hall–Kier alpha value is -2.09. The third kappa shape index (κ3) is 2.78. The lowest BCUT2D eigenvalue weighted by Crippen LogP contribution is -2.08. The molecule has 0 saturated carbocycles. The third-order valence-corrected chi connectivity index (χ3v) is 5.01. The average molecular weight is 316 g/mol. The van der Waals surface area contributed by atoms with Gasteiger partial charge in [0, 0.05) is 18.6 Å². The molecule has 1 saturated heterocycles. The highest BCUT2D eigenvalue weighted by Gasteiger charge is 2.23. The third-order valence-electron chi connectivity index (χ3n) is 3.64. The summed E-state index contributed by atoms with van der Waals surface area (Å²) in [4.78, 5) is 4.49. The Balaban J connectivity index is 1.44. The van der Waals surface area contributed by atoms with Gasteiger partial charge < -0.3 is 4.52 Å². The van der Waals surface area contributed by atoms with E-state index in [0.717, 1.165) is 31.0 Å². The highest BCUT2D eigenvalue weighted by Crippen LogP contribution is 2.38. The number of rotatable bonds is 5. The van der Waals surface area contributed by atoms with E-state index in [1.807, 2.05) is 45.7 Å². The summed E-state index contributed by atoms with van der Waals surface area (Å²) in [5.74, 6) is 2.47. The van der Waals surface area contributed by atoms with Gasteiger partial charge in [-0.05, 0) is 30.7 Å². The predicted molar refractivity (Wildman–Crippen MR) is 82.2 cm³/mol. The van der Waals surface area contributed by atoms with Crippen LogP contribution in [0.25, 0.3) is 11.6 Å². The molecule has 1 atom stereocenters. The maximum absolute atomic E-state index is 5.36. The molecule has 0 spiro atoms. The molecule has 1 fully saturated rings. The first-order valence-electron chi connectivity index (χ1n) is 7.35. The molecule has 3 aromatic rings. The molecule has 3 aromatic heterocycles. The van der Waals surface area contributed by atoms with Crippen molar-refractivity contribution in [2.24, 2.45) is 0 Å². The maximum atomic E-state index is 5.36. The molecular weight excluding hydrogens is 300 g/mol. The summed E-state index contributed by atoms with van der Waals surface area (Å²) in [6, 6.07) is 3.82. The van der Waals surface area contributed by atoms with E-state index in [1.54, 1.807) is 6.20 Å². The van der Waals surface area contributed by atoms with Crippen LogP contribution in [-0.4, -0.2) is 35.5 Å². The molecule has 1 unspecified atom stereocenters. The lowest BCUT2D eigenvalue weighted by molar-refractivity contribution is 0.419. The van der Waals surface area contributed by atoms with Gasteiger partial charge in [0.25, 0.3) is 5.89 Å². The number of hydrogen-bond donors (Lipinski definition) is 0. The van der Waals surface area contributed by atoms with Crippen LogP contribution in [0.2, 0.25) is 0 Å². The fraction of sp³-hybridized carbons (Fsp3) is 0.429. The predicted octanol–water partition coefficient (Wildman–Crippen LogP) is 2.40. The Morgan fingerprint density at radius 1 is 1.27 bits per heavy atom. The van der Waals surface area contributed by atoms with Gasteiger partial charge in [0.2, 0.25) is 0 Å². The Kier molecular flexibility index (Phi) is 3.67. The maximum Gasteiger partial charge on any atom is 0.278 e. The minimum Gasteiger partial charge on any atom is -0.332 e. The smallest absolute Gasteiger partial charge is 0.278 e. The van der Waals surface area contributed by atoms with Crippen molar-refractivity contribution in [3.8, 4) is 11.6 Å². The van der Waals surface area contributed by atoms with Crippen LogP contribution in [-0.2, 0) is 13.1 Å². The number of thioether (sulfide) groups is 1. The number of aryl methyl sites for hydroxylation is 2. The van der Waals surface area contributed by atoms with Crippen LogP contribution >= 0.6 is 11.8 Å². The van der Waals surface area contributed by atoms with E-state index in [1.165, 1.54) is 12.2 Å². The molecular formula is C14H16N6OS. The van der Waals surface area contributed by atoms with E-state index < -0.39 is 0 Å². The van der Waals surface area contributed by atoms with Gasteiger partial charge in [0.05, 0.1) is 18.3 Å². The summed E-state index contributed by atoms with van der Waals surface area (Å²) < 4.78 is 9.10. The zero-order valence-corrected chi connectivity index (χ0v) is 12.8. The van der Waals surface area contributed by atoms with Crippen molar-refractivity contribution in [2.75, 3.05) is 5.75 Å². The molecule has 114 valence electrons. The van der Waals surface area contributed by atoms with Crippen LogP contribution in [0.3, 0.4) is 0 Å². The van der Waals surface area contributed by atoms with Crippen LogP contribution in [0, 0.1) is 0 Å². The van der Waals surface area contributed by atoms with Crippen LogP contribution in [0.4, 0.5) is 0 Å². The monoisotopic (exact) mass is 316 g/mol. The van der Waals surface area contributed by atoms with Crippen molar-refractivity contribution in [2.45, 2.75) is 31.2 Å². The first kappa shape index (κ1) is 13.6. The molecule has 0 N–H and O–H groups in total. The summed E-state index contributed by atoms with van der Waals surface area (Å²) in [6.07, 6.45) is 7.99. The van der Waals surface area contributed by atoms with Crippen LogP contribution in [0.5, 0.6) is 0 Å². The fourth-order valence-electron chi connectivity index (χ4n) is 2.49. The van der Waals surface area contributed by atoms with Crippen molar-refractivity contribution in [3.63, 3.8) is 0 Å². The number of aromatic nitrogens is 6. The van der Waals surface area contributed by atoms with Gasteiger partial charge in [-0.1, -0.05) is 5.16 Å². The second kappa shape index (κ2) is 5.96. The normalized spacial score (nSPS) is 18.1. The van der Waals surface area contributed by atoms with E-state index in [-0.39, 0.29) is 0 Å². The zero-order chi connectivity index (χ0) is 14.8. The summed E-state index contributed by atoms with van der Waals surface area (Å²) in [7, 11) is 0. The Bertz CT molecular complexity index is 728. The van der Waals surface area contributed by atoms with Crippen molar-refractivity contribution in [1.82, 2.24) is 29.7 Å². The highest BCUT2D eigenvalue weighted by molar-refractivity contribution is 7.99. The first-order chi connectivity index (χ1) is 10.9. The Morgan fingerprint density at radius 2 is 2.23 bits per heavy atom. The zero-order valence-electron chi connectivity index (χ0n) is 12.0.